The van der Waals surface area contributed by atoms with E-state index in [-0.39, 0.29) is 18.1 Å². The van der Waals surface area contributed by atoms with Gasteiger partial charge in [-0.05, 0) is 32.9 Å². The third-order valence-electron chi connectivity index (χ3n) is 3.79. The molecule has 23 heavy (non-hydrogen) atoms. The fraction of sp³-hybridized carbons (Fsp3) is 0.412. The summed E-state index contributed by atoms with van der Waals surface area (Å²) in [6.07, 6.45) is 0.123. The van der Waals surface area contributed by atoms with E-state index in [1.165, 1.54) is 11.3 Å². The Bertz CT molecular complexity index is 704. The predicted octanol–water partition coefficient (Wildman–Crippen LogP) is 4.02. The minimum absolute atomic E-state index is 0.0437. The van der Waals surface area contributed by atoms with E-state index in [4.69, 9.17) is 16.3 Å². The molecule has 4 nitrogen and oxygen atoms in total. The number of ether oxygens (including phenoxy) is 1. The number of halogens is 1. The van der Waals surface area contributed by atoms with Crippen LogP contribution in [0.25, 0.3) is 10.6 Å². The summed E-state index contributed by atoms with van der Waals surface area (Å²) in [4.78, 5) is 20.0. The van der Waals surface area contributed by atoms with Crippen LogP contribution in [0, 0.1) is 6.92 Å². The highest BCUT2D eigenvalue weighted by Crippen LogP contribution is 2.30. The second kappa shape index (κ2) is 6.59. The molecule has 0 bridgehead atoms. The van der Waals surface area contributed by atoms with Crippen molar-refractivity contribution in [3.63, 3.8) is 0 Å². The second-order valence-electron chi connectivity index (χ2n) is 5.91. The molecule has 0 radical (unpaired) electrons. The summed E-state index contributed by atoms with van der Waals surface area (Å²) in [5, 5.41) is 1.53. The molecule has 1 saturated heterocycles. The molecule has 3 rings (SSSR count). The van der Waals surface area contributed by atoms with Gasteiger partial charge in [-0.2, -0.15) is 0 Å². The Hall–Kier alpha value is -1.43. The molecule has 0 saturated carbocycles. The van der Waals surface area contributed by atoms with Gasteiger partial charge in [0, 0.05) is 23.7 Å². The van der Waals surface area contributed by atoms with Crippen molar-refractivity contribution in [3.05, 3.63) is 39.9 Å². The number of nitrogens with zero attached hydrogens (tertiary/aromatic N) is 2. The lowest BCUT2D eigenvalue weighted by atomic mass is 10.2. The van der Waals surface area contributed by atoms with Crippen molar-refractivity contribution in [3.8, 4) is 10.6 Å². The van der Waals surface area contributed by atoms with Crippen LogP contribution in [-0.2, 0) is 4.74 Å². The second-order valence-corrected chi connectivity index (χ2v) is 7.34. The average molecular weight is 351 g/mol. The number of rotatable bonds is 2. The van der Waals surface area contributed by atoms with Crippen LogP contribution in [0.1, 0.15) is 29.2 Å². The number of thiazole rings is 1. The van der Waals surface area contributed by atoms with Crippen LogP contribution < -0.4 is 0 Å². The van der Waals surface area contributed by atoms with Gasteiger partial charge in [0.1, 0.15) is 9.88 Å². The lowest BCUT2D eigenvalue weighted by molar-refractivity contribution is -0.0585. The molecule has 1 fully saturated rings. The third kappa shape index (κ3) is 3.57. The monoisotopic (exact) mass is 350 g/mol. The van der Waals surface area contributed by atoms with Gasteiger partial charge in [-0.3, -0.25) is 4.79 Å². The van der Waals surface area contributed by atoms with E-state index in [1.807, 2.05) is 49.9 Å². The number of hydrogen-bond donors (Lipinski definition) is 0. The average Bonchev–Trinajstić information content (AvgIpc) is 2.88. The molecule has 1 aromatic carbocycles. The fourth-order valence-corrected chi connectivity index (χ4v) is 3.96. The van der Waals surface area contributed by atoms with Crippen LogP contribution in [0.15, 0.2) is 24.3 Å². The van der Waals surface area contributed by atoms with E-state index in [1.54, 1.807) is 0 Å². The van der Waals surface area contributed by atoms with Gasteiger partial charge in [-0.15, -0.1) is 11.3 Å². The molecule has 0 aliphatic carbocycles. The van der Waals surface area contributed by atoms with E-state index in [0.717, 1.165) is 16.3 Å². The minimum Gasteiger partial charge on any atom is -0.372 e. The highest BCUT2D eigenvalue weighted by molar-refractivity contribution is 7.17. The zero-order valence-corrected chi connectivity index (χ0v) is 14.9. The maximum absolute atomic E-state index is 12.8. The van der Waals surface area contributed by atoms with Gasteiger partial charge in [-0.25, -0.2) is 4.98 Å². The van der Waals surface area contributed by atoms with E-state index < -0.39 is 0 Å². The number of benzene rings is 1. The smallest absolute Gasteiger partial charge is 0.266 e. The predicted molar refractivity (Wildman–Crippen MR) is 93.2 cm³/mol. The molecular weight excluding hydrogens is 332 g/mol. The van der Waals surface area contributed by atoms with Crippen LogP contribution in [0.3, 0.4) is 0 Å². The minimum atomic E-state index is 0.0437. The number of morpholine rings is 1. The number of aryl methyl sites for hydroxylation is 1. The normalized spacial score (nSPS) is 21.5. The van der Waals surface area contributed by atoms with Crippen LogP contribution >= 0.6 is 22.9 Å². The van der Waals surface area contributed by atoms with Crippen molar-refractivity contribution in [1.82, 2.24) is 9.88 Å². The molecule has 2 heterocycles. The zero-order chi connectivity index (χ0) is 16.6. The van der Waals surface area contributed by atoms with Gasteiger partial charge in [-0.1, -0.05) is 23.7 Å². The first-order chi connectivity index (χ1) is 10.9. The first-order valence-corrected chi connectivity index (χ1v) is 8.81. The molecule has 2 aromatic rings. The Morgan fingerprint density at radius 2 is 1.87 bits per heavy atom. The standard InChI is InChI=1S/C17H19ClN2O2S/c1-10-8-20(9-11(2)22-10)17(21)15-12(3)19-16(23-15)13-4-6-14(18)7-5-13/h4-7,10-11H,8-9H2,1-3H3/t10-,11-/m0/s1. The Labute approximate surface area is 145 Å². The molecule has 0 N–H and O–H groups in total. The molecule has 122 valence electrons. The Balaban J connectivity index is 1.85. The maximum atomic E-state index is 12.8. The first kappa shape index (κ1) is 16.4. The third-order valence-corrected chi connectivity index (χ3v) is 5.24. The van der Waals surface area contributed by atoms with Gasteiger partial charge >= 0.3 is 0 Å². The van der Waals surface area contributed by atoms with E-state index in [9.17, 15) is 4.79 Å². The zero-order valence-electron chi connectivity index (χ0n) is 13.4. The fourth-order valence-electron chi connectivity index (χ4n) is 2.80. The number of amides is 1. The Morgan fingerprint density at radius 3 is 2.48 bits per heavy atom. The van der Waals surface area contributed by atoms with Gasteiger partial charge < -0.3 is 9.64 Å². The molecule has 2 atom stereocenters. The van der Waals surface area contributed by atoms with Crippen LogP contribution in [0.5, 0.6) is 0 Å². The van der Waals surface area contributed by atoms with Gasteiger partial charge in [0.15, 0.2) is 0 Å². The number of carbonyl (C=O) groups is 1. The number of aromatic nitrogens is 1. The summed E-state index contributed by atoms with van der Waals surface area (Å²) in [6, 6.07) is 7.52. The molecular formula is C17H19ClN2O2S. The lowest BCUT2D eigenvalue weighted by Crippen LogP contribution is -2.48. The molecule has 1 amide bonds. The summed E-state index contributed by atoms with van der Waals surface area (Å²) in [7, 11) is 0. The highest BCUT2D eigenvalue weighted by Gasteiger charge is 2.29. The summed E-state index contributed by atoms with van der Waals surface area (Å²) in [5.74, 6) is 0.0437. The van der Waals surface area contributed by atoms with Gasteiger partial charge in [0.2, 0.25) is 0 Å². The van der Waals surface area contributed by atoms with Crippen molar-refractivity contribution < 1.29 is 9.53 Å². The van der Waals surface area contributed by atoms with E-state index in [0.29, 0.717) is 23.0 Å². The van der Waals surface area contributed by atoms with Crippen molar-refractivity contribution in [2.45, 2.75) is 33.0 Å². The molecule has 1 aliphatic heterocycles. The Kier molecular flexibility index (Phi) is 4.71. The van der Waals surface area contributed by atoms with Crippen molar-refractivity contribution >= 4 is 28.8 Å². The molecule has 0 spiro atoms. The lowest BCUT2D eigenvalue weighted by Gasteiger charge is -2.35. The quantitative estimate of drug-likeness (QED) is 0.821. The summed E-state index contributed by atoms with van der Waals surface area (Å²) < 4.78 is 5.70. The largest absolute Gasteiger partial charge is 0.372 e. The maximum Gasteiger partial charge on any atom is 0.266 e. The van der Waals surface area contributed by atoms with Gasteiger partial charge in [0.05, 0.1) is 17.9 Å². The Morgan fingerprint density at radius 1 is 1.26 bits per heavy atom. The summed E-state index contributed by atoms with van der Waals surface area (Å²) in [6.45, 7) is 7.12. The van der Waals surface area contributed by atoms with Gasteiger partial charge in [0.25, 0.3) is 5.91 Å². The highest BCUT2D eigenvalue weighted by atomic mass is 35.5. The SMILES string of the molecule is Cc1nc(-c2ccc(Cl)cc2)sc1C(=O)N1C[C@H](C)O[C@@H](C)C1. The topological polar surface area (TPSA) is 42.4 Å². The van der Waals surface area contributed by atoms with Crippen LogP contribution in [0.2, 0.25) is 5.02 Å². The first-order valence-electron chi connectivity index (χ1n) is 7.62. The number of carbonyl (C=O) groups excluding carboxylic acids is 1. The number of hydrogen-bond acceptors (Lipinski definition) is 4. The summed E-state index contributed by atoms with van der Waals surface area (Å²) >= 11 is 7.36. The molecule has 0 unspecified atom stereocenters. The van der Waals surface area contributed by atoms with E-state index >= 15 is 0 Å². The van der Waals surface area contributed by atoms with Crippen molar-refractivity contribution in [1.29, 1.82) is 0 Å². The molecule has 1 aromatic heterocycles. The van der Waals surface area contributed by atoms with Crippen molar-refractivity contribution in [2.75, 3.05) is 13.1 Å². The summed E-state index contributed by atoms with van der Waals surface area (Å²) in [5.41, 5.74) is 1.75. The van der Waals surface area contributed by atoms with E-state index in [2.05, 4.69) is 4.98 Å². The molecule has 6 heteroatoms. The van der Waals surface area contributed by atoms with Crippen molar-refractivity contribution in [2.24, 2.45) is 0 Å². The molecule has 1 aliphatic rings. The van der Waals surface area contributed by atoms with Crippen LogP contribution in [0.4, 0.5) is 0 Å². The van der Waals surface area contributed by atoms with Crippen LogP contribution in [-0.4, -0.2) is 41.1 Å².